The molecule has 8 nitrogen and oxygen atoms in total. The molecule has 1 aromatic heterocycles. The molecular weight excluding hydrogens is 226 g/mol. The maximum absolute atomic E-state index is 11.1. The number of carbonyl (C=O) groups is 1. The molecule has 1 amide bonds. The fourth-order valence-corrected chi connectivity index (χ4v) is 1.42. The minimum Gasteiger partial charge on any atom is -0.364 e. The Labute approximate surface area is 94.6 Å². The summed E-state index contributed by atoms with van der Waals surface area (Å²) in [7, 11) is 0. The molecule has 86 valence electrons. The van der Waals surface area contributed by atoms with Crippen molar-refractivity contribution in [2.24, 2.45) is 5.73 Å². The zero-order valence-corrected chi connectivity index (χ0v) is 8.45. The molecule has 0 aliphatic heterocycles. The summed E-state index contributed by atoms with van der Waals surface area (Å²) in [6.07, 6.45) is 0. The molecule has 0 fully saturated rings. The molecule has 0 spiro atoms. The molecule has 2 rings (SSSR count). The molecule has 8 heteroatoms. The third-order valence-electron chi connectivity index (χ3n) is 2.14. The zero-order valence-electron chi connectivity index (χ0n) is 8.45. The van der Waals surface area contributed by atoms with E-state index in [2.05, 4.69) is 15.4 Å². The van der Waals surface area contributed by atoms with E-state index in [-0.39, 0.29) is 22.6 Å². The Hall–Kier alpha value is -2.77. The van der Waals surface area contributed by atoms with Crippen LogP contribution in [0.2, 0.25) is 0 Å². The Morgan fingerprint density at radius 3 is 2.71 bits per heavy atom. The molecule has 1 heterocycles. The molecule has 0 aliphatic carbocycles. The fraction of sp³-hybridized carbons (Fsp3) is 0. The number of carbonyl (C=O) groups excluding carboxylic acids is 1. The van der Waals surface area contributed by atoms with Crippen molar-refractivity contribution in [1.29, 1.82) is 0 Å². The number of nitrogens with zero attached hydrogens (tertiary/aromatic N) is 3. The number of amides is 1. The number of nitrogens with two attached hydrogens (primary N) is 1. The summed E-state index contributed by atoms with van der Waals surface area (Å²) >= 11 is 0. The molecule has 0 radical (unpaired) electrons. The number of H-pyrrole nitrogens is 1. The fourth-order valence-electron chi connectivity index (χ4n) is 1.42. The molecule has 2 aromatic rings. The normalized spacial score (nSPS) is 10.1. The van der Waals surface area contributed by atoms with Crippen molar-refractivity contribution in [2.75, 3.05) is 0 Å². The number of hydrogen-bond donors (Lipinski definition) is 2. The first-order chi connectivity index (χ1) is 8.11. The summed E-state index contributed by atoms with van der Waals surface area (Å²) in [6, 6.07) is 5.91. The van der Waals surface area contributed by atoms with Crippen molar-refractivity contribution in [2.45, 2.75) is 0 Å². The highest BCUT2D eigenvalue weighted by atomic mass is 16.6. The van der Waals surface area contributed by atoms with Crippen LogP contribution in [0.1, 0.15) is 10.5 Å². The third kappa shape index (κ3) is 1.83. The van der Waals surface area contributed by atoms with Crippen LogP contribution < -0.4 is 5.73 Å². The van der Waals surface area contributed by atoms with Crippen LogP contribution in [0.25, 0.3) is 11.3 Å². The van der Waals surface area contributed by atoms with Crippen molar-refractivity contribution in [3.63, 3.8) is 0 Å². The van der Waals surface area contributed by atoms with Gasteiger partial charge >= 0.3 is 0 Å². The number of aromatic nitrogens is 3. The van der Waals surface area contributed by atoms with Crippen LogP contribution in [-0.4, -0.2) is 26.2 Å². The number of rotatable bonds is 3. The molecule has 0 atom stereocenters. The first-order valence-corrected chi connectivity index (χ1v) is 4.55. The van der Waals surface area contributed by atoms with Crippen LogP contribution in [0.5, 0.6) is 0 Å². The molecule has 3 N–H and O–H groups in total. The van der Waals surface area contributed by atoms with Crippen molar-refractivity contribution >= 4 is 11.6 Å². The topological polar surface area (TPSA) is 128 Å². The number of nitro benzene ring substituents is 1. The van der Waals surface area contributed by atoms with Crippen LogP contribution in [0.4, 0.5) is 5.69 Å². The Kier molecular flexibility index (Phi) is 2.53. The van der Waals surface area contributed by atoms with Gasteiger partial charge in [0.25, 0.3) is 11.6 Å². The van der Waals surface area contributed by atoms with E-state index in [1.54, 1.807) is 6.07 Å². The Balaban J connectivity index is 2.64. The van der Waals surface area contributed by atoms with Gasteiger partial charge in [-0.2, -0.15) is 15.4 Å². The van der Waals surface area contributed by atoms with E-state index in [1.807, 2.05) is 0 Å². The van der Waals surface area contributed by atoms with Crippen LogP contribution in [0, 0.1) is 10.1 Å². The number of benzene rings is 1. The number of nitrogens with one attached hydrogen (secondary N) is 1. The molecule has 0 bridgehead atoms. The van der Waals surface area contributed by atoms with Gasteiger partial charge in [-0.3, -0.25) is 14.9 Å². The minimum absolute atomic E-state index is 0.0739. The van der Waals surface area contributed by atoms with Gasteiger partial charge < -0.3 is 5.73 Å². The van der Waals surface area contributed by atoms with E-state index in [0.29, 0.717) is 0 Å². The summed E-state index contributed by atoms with van der Waals surface area (Å²) < 4.78 is 0. The molecule has 0 saturated carbocycles. The Bertz CT molecular complexity index is 592. The number of hydrogen-bond acceptors (Lipinski definition) is 5. The Morgan fingerprint density at radius 2 is 2.06 bits per heavy atom. The zero-order chi connectivity index (χ0) is 12.4. The van der Waals surface area contributed by atoms with Gasteiger partial charge in [-0.25, -0.2) is 0 Å². The highest BCUT2D eigenvalue weighted by Crippen LogP contribution is 2.29. The lowest BCUT2D eigenvalue weighted by Gasteiger charge is -1.99. The number of aromatic amines is 1. The van der Waals surface area contributed by atoms with Gasteiger partial charge in [0.2, 0.25) is 0 Å². The minimum atomic E-state index is -0.799. The molecule has 0 aliphatic rings. The van der Waals surface area contributed by atoms with E-state index in [4.69, 9.17) is 5.73 Å². The maximum atomic E-state index is 11.1. The SMILES string of the molecule is NC(=O)c1n[nH]nc1-c1ccccc1[N+](=O)[O-]. The van der Waals surface area contributed by atoms with E-state index in [0.717, 1.165) is 0 Å². The van der Waals surface area contributed by atoms with Gasteiger partial charge in [-0.05, 0) is 6.07 Å². The number of para-hydroxylation sites is 1. The van der Waals surface area contributed by atoms with E-state index in [1.165, 1.54) is 18.2 Å². The van der Waals surface area contributed by atoms with Crippen molar-refractivity contribution in [1.82, 2.24) is 15.4 Å². The summed E-state index contributed by atoms with van der Waals surface area (Å²) in [5.41, 5.74) is 5.07. The summed E-state index contributed by atoms with van der Waals surface area (Å²) in [5.74, 6) is -0.799. The summed E-state index contributed by atoms with van der Waals surface area (Å²) in [4.78, 5) is 21.3. The van der Waals surface area contributed by atoms with Crippen molar-refractivity contribution in [3.8, 4) is 11.3 Å². The average molecular weight is 233 g/mol. The molecular formula is C9H7N5O3. The van der Waals surface area contributed by atoms with Crippen LogP contribution in [-0.2, 0) is 0 Å². The summed E-state index contributed by atoms with van der Waals surface area (Å²) in [6.45, 7) is 0. The highest BCUT2D eigenvalue weighted by molar-refractivity contribution is 5.97. The maximum Gasteiger partial charge on any atom is 0.278 e. The summed E-state index contributed by atoms with van der Waals surface area (Å²) in [5, 5.41) is 20.3. The van der Waals surface area contributed by atoms with Crippen LogP contribution in [0.15, 0.2) is 24.3 Å². The lowest BCUT2D eigenvalue weighted by atomic mass is 10.1. The Morgan fingerprint density at radius 1 is 1.35 bits per heavy atom. The van der Waals surface area contributed by atoms with Crippen LogP contribution in [0.3, 0.4) is 0 Å². The van der Waals surface area contributed by atoms with E-state index in [9.17, 15) is 14.9 Å². The molecule has 0 unspecified atom stereocenters. The monoisotopic (exact) mass is 233 g/mol. The second kappa shape index (κ2) is 4.00. The molecule has 1 aromatic carbocycles. The van der Waals surface area contributed by atoms with Gasteiger partial charge in [0.05, 0.1) is 10.5 Å². The second-order valence-corrected chi connectivity index (χ2v) is 3.16. The number of primary amides is 1. The first-order valence-electron chi connectivity index (χ1n) is 4.55. The quantitative estimate of drug-likeness (QED) is 0.588. The van der Waals surface area contributed by atoms with Gasteiger partial charge in [-0.1, -0.05) is 12.1 Å². The predicted octanol–water partition coefficient (Wildman–Crippen LogP) is 0.479. The lowest BCUT2D eigenvalue weighted by molar-refractivity contribution is -0.384. The lowest BCUT2D eigenvalue weighted by Crippen LogP contribution is -2.13. The van der Waals surface area contributed by atoms with Gasteiger partial charge in [0, 0.05) is 6.07 Å². The third-order valence-corrected chi connectivity index (χ3v) is 2.14. The van der Waals surface area contributed by atoms with Crippen LogP contribution >= 0.6 is 0 Å². The van der Waals surface area contributed by atoms with Crippen molar-refractivity contribution < 1.29 is 9.72 Å². The first kappa shape index (κ1) is 10.7. The predicted molar refractivity (Wildman–Crippen MR) is 57.0 cm³/mol. The van der Waals surface area contributed by atoms with Crippen molar-refractivity contribution in [3.05, 3.63) is 40.1 Å². The highest BCUT2D eigenvalue weighted by Gasteiger charge is 2.22. The second-order valence-electron chi connectivity index (χ2n) is 3.16. The van der Waals surface area contributed by atoms with Gasteiger partial charge in [0.15, 0.2) is 5.69 Å². The largest absolute Gasteiger partial charge is 0.364 e. The standard InChI is InChI=1S/C9H7N5O3/c10-9(15)8-7(11-13-12-8)5-3-1-2-4-6(5)14(16)17/h1-4H,(H2,10,15)(H,11,12,13). The molecule has 0 saturated heterocycles. The van der Waals surface area contributed by atoms with E-state index >= 15 is 0 Å². The van der Waals surface area contributed by atoms with Gasteiger partial charge in [0.1, 0.15) is 5.69 Å². The number of nitro groups is 1. The average Bonchev–Trinajstić information content (AvgIpc) is 2.77. The van der Waals surface area contributed by atoms with E-state index < -0.39 is 10.8 Å². The smallest absolute Gasteiger partial charge is 0.278 e. The van der Waals surface area contributed by atoms with Gasteiger partial charge in [-0.15, -0.1) is 0 Å². The molecule has 17 heavy (non-hydrogen) atoms.